The molecule has 4 heteroatoms. The van der Waals surface area contributed by atoms with Crippen molar-refractivity contribution in [3.05, 3.63) is 33.4 Å². The second-order valence-electron chi connectivity index (χ2n) is 6.46. The van der Waals surface area contributed by atoms with Gasteiger partial charge in [-0.25, -0.2) is 0 Å². The summed E-state index contributed by atoms with van der Waals surface area (Å²) in [4.78, 5) is 14.8. The molecule has 0 spiro atoms. The van der Waals surface area contributed by atoms with Gasteiger partial charge in [-0.05, 0) is 66.1 Å². The number of rotatable bonds is 2. The molecule has 1 aromatic rings. The van der Waals surface area contributed by atoms with Crippen LogP contribution in [0.4, 0.5) is 0 Å². The molecule has 2 saturated heterocycles. The zero-order valence-electron chi connectivity index (χ0n) is 12.8. The van der Waals surface area contributed by atoms with Crippen molar-refractivity contribution < 1.29 is 9.53 Å². The van der Waals surface area contributed by atoms with Crippen molar-refractivity contribution in [1.29, 1.82) is 0 Å². The van der Waals surface area contributed by atoms with Crippen molar-refractivity contribution in [2.24, 2.45) is 11.8 Å². The van der Waals surface area contributed by atoms with Crippen molar-refractivity contribution in [2.75, 3.05) is 14.2 Å². The Balaban J connectivity index is 1.97. The van der Waals surface area contributed by atoms with Gasteiger partial charge in [0.05, 0.1) is 13.0 Å². The van der Waals surface area contributed by atoms with Gasteiger partial charge in [-0.15, -0.1) is 0 Å². The molecule has 0 unspecified atom stereocenters. The number of nitrogens with zero attached hydrogens (tertiary/aromatic N) is 1. The number of benzene rings is 1. The number of piperidine rings is 1. The van der Waals surface area contributed by atoms with Crippen LogP contribution in [0.25, 0.3) is 0 Å². The van der Waals surface area contributed by atoms with E-state index in [0.29, 0.717) is 18.0 Å². The molecule has 3 rings (SSSR count). The fraction of sp³-hybridized carbons (Fsp3) is 0.588. The van der Waals surface area contributed by atoms with Crippen molar-refractivity contribution >= 4 is 28.6 Å². The zero-order chi connectivity index (χ0) is 15.1. The summed E-state index contributed by atoms with van der Waals surface area (Å²) >= 11 is 2.32. The summed E-state index contributed by atoms with van der Waals surface area (Å²) in [5.74, 6) is 0.843. The van der Waals surface area contributed by atoms with Gasteiger partial charge in [0.2, 0.25) is 0 Å². The minimum atomic E-state index is -0.0528. The third kappa shape index (κ3) is 2.61. The highest BCUT2D eigenvalue weighted by Gasteiger charge is 2.52. The number of halogens is 1. The summed E-state index contributed by atoms with van der Waals surface area (Å²) in [5, 5.41) is 0. The monoisotopic (exact) mass is 399 g/mol. The number of hydrogen-bond donors (Lipinski definition) is 0. The number of carbonyl (C=O) groups excluding carboxylic acids is 1. The molecule has 0 N–H and O–H groups in total. The summed E-state index contributed by atoms with van der Waals surface area (Å²) < 4.78 is 6.36. The minimum Gasteiger partial charge on any atom is -0.469 e. The summed E-state index contributed by atoms with van der Waals surface area (Å²) in [6, 6.07) is 9.52. The van der Waals surface area contributed by atoms with Crippen LogP contribution in [0.3, 0.4) is 0 Å². The lowest BCUT2D eigenvalue weighted by molar-refractivity contribution is -0.150. The third-order valence-electron chi connectivity index (χ3n) is 5.43. The Morgan fingerprint density at radius 1 is 1.24 bits per heavy atom. The van der Waals surface area contributed by atoms with Gasteiger partial charge < -0.3 is 4.74 Å². The minimum absolute atomic E-state index is 0.0405. The van der Waals surface area contributed by atoms with Gasteiger partial charge >= 0.3 is 5.97 Å². The van der Waals surface area contributed by atoms with E-state index in [9.17, 15) is 4.79 Å². The molecular weight excluding hydrogens is 377 g/mol. The van der Waals surface area contributed by atoms with Crippen molar-refractivity contribution in [2.45, 2.75) is 37.8 Å². The van der Waals surface area contributed by atoms with Crippen LogP contribution >= 0.6 is 22.6 Å². The standard InChI is InChI=1S/C17H22INO2/c1-10-8-15-16(17(20)21-3)13(9-14(10)19(15)2)11-4-6-12(18)7-5-11/h4-7,10,13-16H,8-9H2,1-3H3/t10-,13-,14-,15-,16+/m1/s1. The van der Waals surface area contributed by atoms with E-state index in [4.69, 9.17) is 4.74 Å². The molecule has 1 aromatic carbocycles. The van der Waals surface area contributed by atoms with Crippen molar-refractivity contribution in [1.82, 2.24) is 4.90 Å². The number of ether oxygens (including phenoxy) is 1. The lowest BCUT2D eigenvalue weighted by Crippen LogP contribution is -2.49. The Morgan fingerprint density at radius 3 is 2.52 bits per heavy atom. The largest absolute Gasteiger partial charge is 0.469 e. The first-order valence-electron chi connectivity index (χ1n) is 7.58. The van der Waals surface area contributed by atoms with Crippen molar-refractivity contribution in [3.63, 3.8) is 0 Å². The van der Waals surface area contributed by atoms with E-state index < -0.39 is 0 Å². The van der Waals surface area contributed by atoms with Crippen molar-refractivity contribution in [3.8, 4) is 0 Å². The summed E-state index contributed by atoms with van der Waals surface area (Å²) in [5.41, 5.74) is 1.28. The predicted octanol–water partition coefficient (Wildman–Crippen LogP) is 3.28. The van der Waals surface area contributed by atoms with Gasteiger partial charge in [-0.2, -0.15) is 0 Å². The van der Waals surface area contributed by atoms with E-state index in [1.165, 1.54) is 16.2 Å². The van der Waals surface area contributed by atoms with Crippen LogP contribution in [-0.4, -0.2) is 37.1 Å². The Morgan fingerprint density at radius 2 is 1.90 bits per heavy atom. The Bertz CT molecular complexity index is 530. The van der Waals surface area contributed by atoms with Crippen LogP contribution in [0.2, 0.25) is 0 Å². The van der Waals surface area contributed by atoms with Gasteiger partial charge in [0.25, 0.3) is 0 Å². The van der Waals surface area contributed by atoms with E-state index in [1.54, 1.807) is 0 Å². The highest BCUT2D eigenvalue weighted by molar-refractivity contribution is 14.1. The molecular formula is C17H22INO2. The molecule has 0 aliphatic carbocycles. The Kier molecular flexibility index (Phi) is 4.28. The number of fused-ring (bicyclic) bond motifs is 2. The Labute approximate surface area is 140 Å². The molecule has 5 atom stereocenters. The second-order valence-corrected chi connectivity index (χ2v) is 7.70. The van der Waals surface area contributed by atoms with Crippen LogP contribution in [0.15, 0.2) is 24.3 Å². The molecule has 2 bridgehead atoms. The molecule has 2 fully saturated rings. The van der Waals surface area contributed by atoms with E-state index in [1.807, 2.05) is 0 Å². The molecule has 3 nitrogen and oxygen atoms in total. The SMILES string of the molecule is COC(=O)[C@H]1[C@@H](c2ccc(I)cc2)C[C@@H]2[C@H](C)C[C@H]1N2C. The van der Waals surface area contributed by atoms with Gasteiger partial charge in [0, 0.05) is 21.6 Å². The number of methoxy groups -OCH3 is 1. The number of hydrogen-bond acceptors (Lipinski definition) is 3. The average molecular weight is 399 g/mol. The fourth-order valence-electron chi connectivity index (χ4n) is 4.34. The number of carbonyl (C=O) groups is 1. The molecule has 21 heavy (non-hydrogen) atoms. The maximum atomic E-state index is 12.4. The van der Waals surface area contributed by atoms with Gasteiger partial charge in [-0.3, -0.25) is 9.69 Å². The van der Waals surface area contributed by atoms with E-state index >= 15 is 0 Å². The summed E-state index contributed by atoms with van der Waals surface area (Å²) in [6.07, 6.45) is 2.15. The topological polar surface area (TPSA) is 29.5 Å². The number of esters is 1. The molecule has 2 aliphatic rings. The smallest absolute Gasteiger partial charge is 0.310 e. The third-order valence-corrected chi connectivity index (χ3v) is 6.15. The quantitative estimate of drug-likeness (QED) is 0.565. The Hall–Kier alpha value is -0.620. The lowest BCUT2D eigenvalue weighted by atomic mass is 9.76. The summed E-state index contributed by atoms with van der Waals surface area (Å²) in [6.45, 7) is 2.31. The molecule has 0 aromatic heterocycles. The molecule has 114 valence electrons. The first-order valence-corrected chi connectivity index (χ1v) is 8.66. The first kappa shape index (κ1) is 15.3. The van der Waals surface area contributed by atoms with Crippen LogP contribution in [0.1, 0.15) is 31.2 Å². The lowest BCUT2D eigenvalue weighted by Gasteiger charge is -2.42. The molecule has 0 radical (unpaired) electrons. The highest BCUT2D eigenvalue weighted by atomic mass is 127. The van der Waals surface area contributed by atoms with E-state index in [-0.39, 0.29) is 17.8 Å². The first-order chi connectivity index (χ1) is 10.0. The molecule has 2 heterocycles. The zero-order valence-corrected chi connectivity index (χ0v) is 14.9. The van der Waals surface area contributed by atoms with Crippen LogP contribution < -0.4 is 0 Å². The van der Waals surface area contributed by atoms with Gasteiger partial charge in [0.1, 0.15) is 0 Å². The van der Waals surface area contributed by atoms with Gasteiger partial charge in [0.15, 0.2) is 0 Å². The molecule has 0 amide bonds. The average Bonchev–Trinajstić information content (AvgIpc) is 2.66. The maximum Gasteiger partial charge on any atom is 0.310 e. The normalized spacial score (nSPS) is 35.7. The fourth-order valence-corrected chi connectivity index (χ4v) is 4.70. The van der Waals surface area contributed by atoms with E-state index in [0.717, 1.165) is 12.8 Å². The summed E-state index contributed by atoms with van der Waals surface area (Å²) in [7, 11) is 3.68. The molecule has 0 saturated carbocycles. The van der Waals surface area contributed by atoms with Gasteiger partial charge in [-0.1, -0.05) is 19.1 Å². The maximum absolute atomic E-state index is 12.4. The molecule has 2 aliphatic heterocycles. The predicted molar refractivity (Wildman–Crippen MR) is 91.1 cm³/mol. The second kappa shape index (κ2) is 5.88. The van der Waals surface area contributed by atoms with E-state index in [2.05, 4.69) is 65.7 Å². The highest BCUT2D eigenvalue weighted by Crippen LogP contribution is 2.48. The van der Waals surface area contributed by atoms with Crippen LogP contribution in [0, 0.1) is 15.4 Å². The van der Waals surface area contributed by atoms with Crippen LogP contribution in [0.5, 0.6) is 0 Å². The van der Waals surface area contributed by atoms with Crippen LogP contribution in [-0.2, 0) is 9.53 Å².